The number of aromatic amines is 1. The molecule has 0 bridgehead atoms. The first-order valence-corrected chi connectivity index (χ1v) is 13.0. The van der Waals surface area contributed by atoms with Crippen molar-refractivity contribution in [2.75, 3.05) is 39.4 Å². The topological polar surface area (TPSA) is 97.9 Å². The number of morpholine rings is 1. The molecule has 37 heavy (non-hydrogen) atoms. The SMILES string of the molecule is O=C(C=Cc1ccc2c(c1)CCC2N(CCc1c[nH]c2ccccc12)C(=O)CCN1CCOCC1)NO. The summed E-state index contributed by atoms with van der Waals surface area (Å²) >= 11 is 0. The van der Waals surface area contributed by atoms with Crippen LogP contribution in [0.1, 0.15) is 41.1 Å². The zero-order valence-electron chi connectivity index (χ0n) is 21.0. The number of hydrogen-bond acceptors (Lipinski definition) is 5. The largest absolute Gasteiger partial charge is 0.379 e. The van der Waals surface area contributed by atoms with Gasteiger partial charge in [0, 0.05) is 55.8 Å². The van der Waals surface area contributed by atoms with Crippen LogP contribution in [0.25, 0.3) is 17.0 Å². The molecule has 1 aliphatic carbocycles. The molecule has 1 atom stereocenters. The molecule has 2 aliphatic rings. The minimum Gasteiger partial charge on any atom is -0.379 e. The summed E-state index contributed by atoms with van der Waals surface area (Å²) in [7, 11) is 0. The highest BCUT2D eigenvalue weighted by Gasteiger charge is 2.31. The van der Waals surface area contributed by atoms with Crippen LogP contribution in [0.3, 0.4) is 0 Å². The van der Waals surface area contributed by atoms with Crippen LogP contribution >= 0.6 is 0 Å². The first-order chi connectivity index (χ1) is 18.1. The van der Waals surface area contributed by atoms with Gasteiger partial charge in [-0.3, -0.25) is 19.7 Å². The maximum absolute atomic E-state index is 13.7. The van der Waals surface area contributed by atoms with Gasteiger partial charge in [0.05, 0.1) is 19.3 Å². The van der Waals surface area contributed by atoms with Crippen LogP contribution in [0, 0.1) is 0 Å². The van der Waals surface area contributed by atoms with E-state index in [0.29, 0.717) is 13.0 Å². The molecule has 2 amide bonds. The van der Waals surface area contributed by atoms with Crippen LogP contribution in [0.15, 0.2) is 54.7 Å². The summed E-state index contributed by atoms with van der Waals surface area (Å²) in [6, 6.07) is 14.4. The van der Waals surface area contributed by atoms with Crippen molar-refractivity contribution >= 4 is 28.8 Å². The van der Waals surface area contributed by atoms with E-state index in [-0.39, 0.29) is 11.9 Å². The number of amides is 2. The molecule has 0 saturated carbocycles. The first-order valence-electron chi connectivity index (χ1n) is 13.0. The van der Waals surface area contributed by atoms with Gasteiger partial charge >= 0.3 is 0 Å². The van der Waals surface area contributed by atoms with Gasteiger partial charge in [-0.05, 0) is 53.7 Å². The molecule has 1 unspecified atom stereocenters. The van der Waals surface area contributed by atoms with E-state index in [9.17, 15) is 9.59 Å². The Morgan fingerprint density at radius 2 is 2.03 bits per heavy atom. The fourth-order valence-electron chi connectivity index (χ4n) is 5.51. The lowest BCUT2D eigenvalue weighted by Crippen LogP contribution is -2.41. The fourth-order valence-corrected chi connectivity index (χ4v) is 5.51. The van der Waals surface area contributed by atoms with Gasteiger partial charge in [0.15, 0.2) is 0 Å². The highest BCUT2D eigenvalue weighted by Crippen LogP contribution is 2.37. The summed E-state index contributed by atoms with van der Waals surface area (Å²) in [4.78, 5) is 32.8. The predicted octanol–water partition coefficient (Wildman–Crippen LogP) is 3.47. The van der Waals surface area contributed by atoms with Crippen LogP contribution in [-0.2, 0) is 27.2 Å². The van der Waals surface area contributed by atoms with E-state index in [2.05, 4.69) is 45.2 Å². The number of H-pyrrole nitrogens is 1. The third kappa shape index (κ3) is 5.93. The molecule has 5 rings (SSSR count). The van der Waals surface area contributed by atoms with E-state index in [4.69, 9.17) is 9.94 Å². The van der Waals surface area contributed by atoms with E-state index >= 15 is 0 Å². The van der Waals surface area contributed by atoms with Gasteiger partial charge in [0.1, 0.15) is 0 Å². The van der Waals surface area contributed by atoms with E-state index in [1.165, 1.54) is 28.2 Å². The predicted molar refractivity (Wildman–Crippen MR) is 142 cm³/mol. The van der Waals surface area contributed by atoms with Crippen molar-refractivity contribution in [2.45, 2.75) is 31.7 Å². The van der Waals surface area contributed by atoms with Gasteiger partial charge in [-0.15, -0.1) is 0 Å². The summed E-state index contributed by atoms with van der Waals surface area (Å²) < 4.78 is 5.46. The number of para-hydroxylation sites is 1. The van der Waals surface area contributed by atoms with Gasteiger partial charge in [-0.25, -0.2) is 5.48 Å². The normalized spacial score (nSPS) is 17.8. The number of benzene rings is 2. The zero-order chi connectivity index (χ0) is 25.6. The molecule has 1 aliphatic heterocycles. The van der Waals surface area contributed by atoms with Gasteiger partial charge in [-0.1, -0.05) is 36.4 Å². The Morgan fingerprint density at radius 1 is 1.19 bits per heavy atom. The van der Waals surface area contributed by atoms with Crippen LogP contribution in [0.5, 0.6) is 0 Å². The van der Waals surface area contributed by atoms with E-state index in [1.54, 1.807) is 11.6 Å². The Hall–Kier alpha value is -3.46. The third-order valence-corrected chi connectivity index (χ3v) is 7.49. The second kappa shape index (κ2) is 11.7. The Labute approximate surface area is 216 Å². The average molecular weight is 503 g/mol. The number of carbonyl (C=O) groups is 2. The molecule has 3 N–H and O–H groups in total. The van der Waals surface area contributed by atoms with Gasteiger partial charge < -0.3 is 14.6 Å². The molecule has 8 nitrogen and oxygen atoms in total. The summed E-state index contributed by atoms with van der Waals surface area (Å²) in [6.45, 7) is 4.61. The number of ether oxygens (including phenoxy) is 1. The van der Waals surface area contributed by atoms with Crippen molar-refractivity contribution in [3.8, 4) is 0 Å². The minimum absolute atomic E-state index is 0.0381. The molecule has 1 aromatic heterocycles. The molecule has 194 valence electrons. The van der Waals surface area contributed by atoms with Crippen LogP contribution in [0.2, 0.25) is 0 Å². The first kappa shape index (κ1) is 25.2. The standard InChI is InChI=1S/C29H34N4O4/c34-28(31-36)10-6-21-5-8-25-22(19-21)7-9-27(25)33(29(35)12-13-32-15-17-37-18-16-32)14-11-23-20-30-26-4-2-1-3-24(23)26/h1-6,8,10,19-20,27,30,36H,7,9,11-18H2,(H,31,34). The molecule has 1 fully saturated rings. The maximum Gasteiger partial charge on any atom is 0.267 e. The number of hydrogen-bond donors (Lipinski definition) is 3. The smallest absolute Gasteiger partial charge is 0.267 e. The van der Waals surface area contributed by atoms with Crippen molar-refractivity contribution in [1.82, 2.24) is 20.3 Å². The van der Waals surface area contributed by atoms with Crippen molar-refractivity contribution in [2.24, 2.45) is 0 Å². The van der Waals surface area contributed by atoms with Crippen LogP contribution in [0.4, 0.5) is 0 Å². The summed E-state index contributed by atoms with van der Waals surface area (Å²) in [6.07, 6.45) is 8.10. The third-order valence-electron chi connectivity index (χ3n) is 7.49. The number of nitrogens with zero attached hydrogens (tertiary/aromatic N) is 2. The lowest BCUT2D eigenvalue weighted by Gasteiger charge is -2.32. The Balaban J connectivity index is 1.34. The lowest BCUT2D eigenvalue weighted by molar-refractivity contribution is -0.134. The second-order valence-electron chi connectivity index (χ2n) is 9.72. The van der Waals surface area contributed by atoms with Crippen molar-refractivity contribution in [3.63, 3.8) is 0 Å². The molecule has 0 spiro atoms. The summed E-state index contributed by atoms with van der Waals surface area (Å²) in [5.74, 6) is -0.375. The number of fused-ring (bicyclic) bond motifs is 2. The zero-order valence-corrected chi connectivity index (χ0v) is 21.0. The number of aryl methyl sites for hydroxylation is 1. The summed E-state index contributed by atoms with van der Waals surface area (Å²) in [5, 5.41) is 9.93. The molecular weight excluding hydrogens is 468 g/mol. The molecular formula is C29H34N4O4. The Bertz CT molecular complexity index is 1280. The number of aromatic nitrogens is 1. The molecule has 1 saturated heterocycles. The van der Waals surface area contributed by atoms with Crippen molar-refractivity contribution in [1.29, 1.82) is 0 Å². The molecule has 2 heterocycles. The second-order valence-corrected chi connectivity index (χ2v) is 9.72. The van der Waals surface area contributed by atoms with Crippen LogP contribution < -0.4 is 5.48 Å². The number of hydroxylamine groups is 1. The van der Waals surface area contributed by atoms with Crippen molar-refractivity contribution in [3.05, 3.63) is 77.0 Å². The highest BCUT2D eigenvalue weighted by atomic mass is 16.5. The average Bonchev–Trinajstić information content (AvgIpc) is 3.55. The highest BCUT2D eigenvalue weighted by molar-refractivity contribution is 5.90. The van der Waals surface area contributed by atoms with E-state index in [1.807, 2.05) is 18.2 Å². The monoisotopic (exact) mass is 502 g/mol. The maximum atomic E-state index is 13.7. The van der Waals surface area contributed by atoms with Gasteiger partial charge in [-0.2, -0.15) is 0 Å². The number of rotatable bonds is 9. The molecule has 8 heteroatoms. The van der Waals surface area contributed by atoms with E-state index < -0.39 is 5.91 Å². The van der Waals surface area contributed by atoms with Crippen LogP contribution in [-0.4, -0.2) is 71.2 Å². The summed E-state index contributed by atoms with van der Waals surface area (Å²) in [5.41, 5.74) is 7.23. The minimum atomic E-state index is -0.562. The fraction of sp³-hybridized carbons (Fsp3) is 0.379. The van der Waals surface area contributed by atoms with Crippen molar-refractivity contribution < 1.29 is 19.5 Å². The number of carbonyl (C=O) groups excluding carboxylic acids is 2. The van der Waals surface area contributed by atoms with E-state index in [0.717, 1.165) is 63.2 Å². The lowest BCUT2D eigenvalue weighted by atomic mass is 10.0. The Morgan fingerprint density at radius 3 is 2.86 bits per heavy atom. The Kier molecular flexibility index (Phi) is 7.99. The number of nitrogens with one attached hydrogen (secondary N) is 2. The van der Waals surface area contributed by atoms with Gasteiger partial charge in [0.25, 0.3) is 5.91 Å². The van der Waals surface area contributed by atoms with Gasteiger partial charge in [0.2, 0.25) is 5.91 Å². The molecule has 2 aromatic carbocycles. The quantitative estimate of drug-likeness (QED) is 0.237. The molecule has 0 radical (unpaired) electrons. The molecule has 3 aromatic rings.